The summed E-state index contributed by atoms with van der Waals surface area (Å²) in [4.78, 5) is 14.5. The third kappa shape index (κ3) is 4.80. The van der Waals surface area contributed by atoms with Crippen molar-refractivity contribution in [3.05, 3.63) is 59.3 Å². The summed E-state index contributed by atoms with van der Waals surface area (Å²) >= 11 is 0. The maximum atomic E-state index is 11.9. The zero-order valence-corrected chi connectivity index (χ0v) is 23.7. The number of aryl methyl sites for hydroxylation is 2. The number of rotatable bonds is 9. The summed E-state index contributed by atoms with van der Waals surface area (Å²) in [5, 5.41) is 12.5. The van der Waals surface area contributed by atoms with Gasteiger partial charge in [0.25, 0.3) is 0 Å². The highest BCUT2D eigenvalue weighted by atomic mass is 16.4. The summed E-state index contributed by atoms with van der Waals surface area (Å²) in [5.41, 5.74) is 8.44. The Morgan fingerprint density at radius 2 is 1.87 bits per heavy atom. The Bertz CT molecular complexity index is 1490. The van der Waals surface area contributed by atoms with Gasteiger partial charge in [0.15, 0.2) is 0 Å². The van der Waals surface area contributed by atoms with Crippen LogP contribution in [0.4, 0.5) is 0 Å². The molecule has 1 aliphatic carbocycles. The molecule has 1 N–H and O–H groups in total. The van der Waals surface area contributed by atoms with Gasteiger partial charge in [0.2, 0.25) is 0 Å². The van der Waals surface area contributed by atoms with Gasteiger partial charge in [-0.25, -0.2) is 4.79 Å². The Labute approximate surface area is 232 Å². The monoisotopic (exact) mass is 525 g/mol. The number of hydrogen-bond donors (Lipinski definition) is 1. The second kappa shape index (κ2) is 11.2. The first-order chi connectivity index (χ1) is 19.1. The molecule has 0 spiro atoms. The molecule has 2 aromatic heterocycles. The van der Waals surface area contributed by atoms with Crippen LogP contribution in [0, 0.1) is 0 Å². The summed E-state index contributed by atoms with van der Waals surface area (Å²) in [5.74, 6) is -0.316. The number of likely N-dealkylation sites (N-methyl/N-ethyl adjacent to an activating group) is 1. The highest BCUT2D eigenvalue weighted by molar-refractivity contribution is 6.04. The fourth-order valence-corrected chi connectivity index (χ4v) is 7.33. The molecule has 206 valence electrons. The fourth-order valence-electron chi connectivity index (χ4n) is 7.33. The van der Waals surface area contributed by atoms with Gasteiger partial charge in [-0.05, 0) is 80.4 Å². The van der Waals surface area contributed by atoms with E-state index < -0.39 is 5.97 Å². The first-order valence-electron chi connectivity index (χ1n) is 15.3. The summed E-state index contributed by atoms with van der Waals surface area (Å²) in [6, 6.07) is 12.7. The molecule has 0 bridgehead atoms. The maximum absolute atomic E-state index is 11.9. The Hall–Kier alpha value is -3.05. The lowest BCUT2D eigenvalue weighted by atomic mass is 9.81. The van der Waals surface area contributed by atoms with E-state index in [1.54, 1.807) is 0 Å². The second-order valence-corrected chi connectivity index (χ2v) is 11.7. The van der Waals surface area contributed by atoms with Crippen LogP contribution in [0.1, 0.15) is 92.6 Å². The van der Waals surface area contributed by atoms with E-state index in [0.717, 1.165) is 44.5 Å². The number of hydrogen-bond acceptors (Lipinski definition) is 2. The molecule has 5 heteroatoms. The minimum Gasteiger partial charge on any atom is -0.478 e. The first-order valence-corrected chi connectivity index (χ1v) is 15.3. The van der Waals surface area contributed by atoms with Crippen LogP contribution >= 0.6 is 0 Å². The molecule has 6 rings (SSSR count). The molecule has 1 aliphatic heterocycles. The van der Waals surface area contributed by atoms with Gasteiger partial charge in [0.1, 0.15) is 0 Å². The third-order valence-corrected chi connectivity index (χ3v) is 9.36. The SMILES string of the molecule is CCCCN(CC)CCn1cc2c3c(cccc31)-c1c(C3CCCCC3)c3ccc(C(=O)O)cc3n1CCC2. The van der Waals surface area contributed by atoms with Crippen molar-refractivity contribution < 1.29 is 9.90 Å². The quantitative estimate of drug-likeness (QED) is 0.240. The van der Waals surface area contributed by atoms with Crippen molar-refractivity contribution in [2.45, 2.75) is 90.6 Å². The summed E-state index contributed by atoms with van der Waals surface area (Å²) in [6.45, 7) is 9.83. The van der Waals surface area contributed by atoms with E-state index in [-0.39, 0.29) is 0 Å². The van der Waals surface area contributed by atoms with Crippen molar-refractivity contribution in [1.82, 2.24) is 14.0 Å². The van der Waals surface area contributed by atoms with Crippen LogP contribution in [0.2, 0.25) is 0 Å². The number of fused-ring (bicyclic) bond motifs is 4. The average molecular weight is 526 g/mol. The van der Waals surface area contributed by atoms with Crippen molar-refractivity contribution >= 4 is 27.8 Å². The number of benzene rings is 2. The van der Waals surface area contributed by atoms with Crippen LogP contribution in [-0.4, -0.2) is 44.7 Å². The Balaban J connectivity index is 1.52. The molecule has 0 radical (unpaired) electrons. The lowest BCUT2D eigenvalue weighted by molar-refractivity contribution is 0.0697. The molecule has 0 saturated heterocycles. The zero-order valence-electron chi connectivity index (χ0n) is 23.7. The van der Waals surface area contributed by atoms with Crippen molar-refractivity contribution in [1.29, 1.82) is 0 Å². The van der Waals surface area contributed by atoms with Gasteiger partial charge in [-0.15, -0.1) is 0 Å². The van der Waals surface area contributed by atoms with Crippen LogP contribution in [0.25, 0.3) is 33.1 Å². The van der Waals surface area contributed by atoms with Crippen molar-refractivity contribution in [2.24, 2.45) is 0 Å². The predicted octanol–water partition coefficient (Wildman–Crippen LogP) is 8.08. The van der Waals surface area contributed by atoms with Gasteiger partial charge in [-0.3, -0.25) is 0 Å². The molecule has 0 atom stereocenters. The zero-order chi connectivity index (χ0) is 26.9. The summed E-state index contributed by atoms with van der Waals surface area (Å²) in [7, 11) is 0. The minimum atomic E-state index is -0.848. The molecule has 2 aliphatic rings. The van der Waals surface area contributed by atoms with Crippen LogP contribution in [-0.2, 0) is 19.5 Å². The number of unbranched alkanes of at least 4 members (excludes halogenated alkanes) is 1. The molecule has 0 amide bonds. The number of carbonyl (C=O) groups is 1. The van der Waals surface area contributed by atoms with E-state index >= 15 is 0 Å². The van der Waals surface area contributed by atoms with E-state index in [4.69, 9.17) is 0 Å². The fraction of sp³-hybridized carbons (Fsp3) is 0.500. The lowest BCUT2D eigenvalue weighted by Crippen LogP contribution is -2.28. The lowest BCUT2D eigenvalue weighted by Gasteiger charge is -2.25. The van der Waals surface area contributed by atoms with Gasteiger partial charge < -0.3 is 19.1 Å². The average Bonchev–Trinajstić information content (AvgIpc) is 3.47. The maximum Gasteiger partial charge on any atom is 0.335 e. The van der Waals surface area contributed by atoms with Crippen LogP contribution in [0.5, 0.6) is 0 Å². The topological polar surface area (TPSA) is 50.4 Å². The van der Waals surface area contributed by atoms with Gasteiger partial charge in [0.05, 0.1) is 11.3 Å². The van der Waals surface area contributed by atoms with E-state index in [0.29, 0.717) is 11.5 Å². The summed E-state index contributed by atoms with van der Waals surface area (Å²) in [6.07, 6.45) is 13.4. The van der Waals surface area contributed by atoms with Crippen molar-refractivity contribution in [3.63, 3.8) is 0 Å². The number of carboxylic acids is 1. The molecule has 1 fully saturated rings. The molecule has 2 aromatic carbocycles. The van der Waals surface area contributed by atoms with E-state index in [2.05, 4.69) is 58.3 Å². The summed E-state index contributed by atoms with van der Waals surface area (Å²) < 4.78 is 4.98. The Morgan fingerprint density at radius 1 is 1.03 bits per heavy atom. The second-order valence-electron chi connectivity index (χ2n) is 11.7. The highest BCUT2D eigenvalue weighted by Crippen LogP contribution is 2.47. The van der Waals surface area contributed by atoms with E-state index in [1.807, 2.05) is 12.1 Å². The highest BCUT2D eigenvalue weighted by Gasteiger charge is 2.29. The number of aromatic carboxylic acids is 1. The first kappa shape index (κ1) is 26.2. The molecule has 1 saturated carbocycles. The minimum absolute atomic E-state index is 0.383. The number of carboxylic acid groups (broad SMARTS) is 1. The standard InChI is InChI=1S/C34H43N3O2/c1-3-5-18-35(4-2)20-21-36-23-26-13-10-19-37-30-22-25(34(38)39)16-17-27(30)32(24-11-7-6-8-12-24)33(37)28-14-9-15-29(36)31(26)28/h9,14-17,22-24H,3-8,10-13,18-21H2,1-2H3,(H,38,39). The van der Waals surface area contributed by atoms with Gasteiger partial charge >= 0.3 is 5.97 Å². The third-order valence-electron chi connectivity index (χ3n) is 9.36. The van der Waals surface area contributed by atoms with Gasteiger partial charge in [-0.1, -0.05) is 57.7 Å². The smallest absolute Gasteiger partial charge is 0.335 e. The van der Waals surface area contributed by atoms with Crippen molar-refractivity contribution in [2.75, 3.05) is 19.6 Å². The Kier molecular flexibility index (Phi) is 7.53. The molecular formula is C34H43N3O2. The van der Waals surface area contributed by atoms with Crippen LogP contribution < -0.4 is 0 Å². The molecule has 0 unspecified atom stereocenters. The number of aromatic nitrogens is 2. The number of nitrogens with zero attached hydrogens (tertiary/aromatic N) is 3. The molecule has 5 nitrogen and oxygen atoms in total. The van der Waals surface area contributed by atoms with Gasteiger partial charge in [-0.2, -0.15) is 0 Å². The van der Waals surface area contributed by atoms with E-state index in [9.17, 15) is 9.90 Å². The molecule has 3 heterocycles. The predicted molar refractivity (Wildman–Crippen MR) is 161 cm³/mol. The van der Waals surface area contributed by atoms with Crippen LogP contribution in [0.3, 0.4) is 0 Å². The van der Waals surface area contributed by atoms with E-state index in [1.165, 1.54) is 90.2 Å². The molecule has 4 aromatic rings. The van der Waals surface area contributed by atoms with Crippen molar-refractivity contribution in [3.8, 4) is 11.3 Å². The molecular weight excluding hydrogens is 482 g/mol. The normalized spacial score (nSPS) is 16.1. The van der Waals surface area contributed by atoms with Gasteiger partial charge in [0, 0.05) is 53.2 Å². The largest absolute Gasteiger partial charge is 0.478 e. The molecule has 39 heavy (non-hydrogen) atoms. The van der Waals surface area contributed by atoms with Crippen LogP contribution in [0.15, 0.2) is 42.6 Å². The Morgan fingerprint density at radius 3 is 2.64 bits per heavy atom.